The molecule has 2 N–H and O–H groups in total. The molecule has 1 aromatic carbocycles. The molecule has 1 aromatic rings. The Morgan fingerprint density at radius 1 is 1.24 bits per heavy atom. The predicted octanol–water partition coefficient (Wildman–Crippen LogP) is 3.16. The molecule has 0 spiro atoms. The second-order valence-corrected chi connectivity index (χ2v) is 7.93. The fraction of sp³-hybridized carbons (Fsp3) is 0.538. The summed E-state index contributed by atoms with van der Waals surface area (Å²) in [4.78, 5) is 0.186. The van der Waals surface area contributed by atoms with Crippen LogP contribution in [0.3, 0.4) is 0 Å². The number of benzene rings is 1. The molecule has 120 valence electrons. The average Bonchev–Trinajstić information content (AvgIpc) is 2.41. The van der Waals surface area contributed by atoms with Gasteiger partial charge in [0.1, 0.15) is 0 Å². The smallest absolute Gasteiger partial charge is 0.243 e. The summed E-state index contributed by atoms with van der Waals surface area (Å²) in [7, 11) is -3.50. The second-order valence-electron chi connectivity index (χ2n) is 5.18. The summed E-state index contributed by atoms with van der Waals surface area (Å²) in [5, 5.41) is 0.597. The normalized spacial score (nSPS) is 19.0. The van der Waals surface area contributed by atoms with E-state index in [0.717, 1.165) is 12.8 Å². The second kappa shape index (κ2) is 7.49. The van der Waals surface area contributed by atoms with Gasteiger partial charge in [0.2, 0.25) is 10.0 Å². The molecule has 1 unspecified atom stereocenters. The molecule has 1 aliphatic rings. The van der Waals surface area contributed by atoms with Crippen molar-refractivity contribution in [1.29, 1.82) is 0 Å². The van der Waals surface area contributed by atoms with Gasteiger partial charge in [-0.3, -0.25) is 0 Å². The standard InChI is InChI=1S/C13H18Cl2N2O2S.ClH/c1-9(16)10-4-6-17(7-5-10)20(18,19)11-2-3-12(14)13(15)8-11;/h2-3,8-10H,4-7,16H2,1H3;1H. The number of sulfonamides is 1. The minimum Gasteiger partial charge on any atom is -0.328 e. The molecule has 0 amide bonds. The largest absolute Gasteiger partial charge is 0.328 e. The van der Waals surface area contributed by atoms with Crippen LogP contribution in [0, 0.1) is 5.92 Å². The minimum atomic E-state index is -3.50. The Balaban J connectivity index is 0.00000220. The third kappa shape index (κ3) is 4.24. The fourth-order valence-electron chi connectivity index (χ4n) is 2.43. The van der Waals surface area contributed by atoms with E-state index in [0.29, 0.717) is 24.0 Å². The van der Waals surface area contributed by atoms with E-state index >= 15 is 0 Å². The summed E-state index contributed by atoms with van der Waals surface area (Å²) in [6, 6.07) is 4.49. The van der Waals surface area contributed by atoms with Crippen molar-refractivity contribution in [2.75, 3.05) is 13.1 Å². The minimum absolute atomic E-state index is 0. The molecule has 4 nitrogen and oxygen atoms in total. The first-order valence-corrected chi connectivity index (χ1v) is 8.72. The molecule has 0 aromatic heterocycles. The Labute approximate surface area is 142 Å². The number of nitrogens with two attached hydrogens (primary N) is 1. The Kier molecular flexibility index (Phi) is 6.78. The van der Waals surface area contributed by atoms with Crippen LogP contribution in [0.4, 0.5) is 0 Å². The monoisotopic (exact) mass is 372 g/mol. The first-order chi connectivity index (χ1) is 9.32. The van der Waals surface area contributed by atoms with Gasteiger partial charge in [-0.15, -0.1) is 12.4 Å². The zero-order valence-corrected chi connectivity index (χ0v) is 14.8. The van der Waals surface area contributed by atoms with E-state index in [4.69, 9.17) is 28.9 Å². The molecule has 0 radical (unpaired) electrons. The highest BCUT2D eigenvalue weighted by atomic mass is 35.5. The van der Waals surface area contributed by atoms with Crippen LogP contribution in [0.25, 0.3) is 0 Å². The van der Waals surface area contributed by atoms with Gasteiger partial charge in [0.25, 0.3) is 0 Å². The van der Waals surface area contributed by atoms with Crippen LogP contribution < -0.4 is 5.73 Å². The number of rotatable bonds is 3. The lowest BCUT2D eigenvalue weighted by Crippen LogP contribution is -2.42. The van der Waals surface area contributed by atoms with E-state index in [9.17, 15) is 8.42 Å². The number of nitrogens with zero attached hydrogens (tertiary/aromatic N) is 1. The van der Waals surface area contributed by atoms with Crippen molar-refractivity contribution in [2.24, 2.45) is 11.7 Å². The number of halogens is 3. The van der Waals surface area contributed by atoms with Crippen molar-refractivity contribution in [3.8, 4) is 0 Å². The van der Waals surface area contributed by atoms with Gasteiger partial charge in [-0.25, -0.2) is 8.42 Å². The van der Waals surface area contributed by atoms with Gasteiger partial charge in [-0.2, -0.15) is 4.31 Å². The number of hydrogen-bond donors (Lipinski definition) is 1. The SMILES string of the molecule is CC(N)C1CCN(S(=O)(=O)c2ccc(Cl)c(Cl)c2)CC1.Cl. The van der Waals surface area contributed by atoms with Crippen LogP contribution in [0.2, 0.25) is 10.0 Å². The van der Waals surface area contributed by atoms with Crippen molar-refractivity contribution >= 4 is 45.6 Å². The van der Waals surface area contributed by atoms with Crippen molar-refractivity contribution in [3.05, 3.63) is 28.2 Å². The Hall–Kier alpha value is -0.0400. The summed E-state index contributed by atoms with van der Waals surface area (Å²) < 4.78 is 26.5. The Morgan fingerprint density at radius 2 is 1.81 bits per heavy atom. The van der Waals surface area contributed by atoms with Crippen molar-refractivity contribution in [1.82, 2.24) is 4.31 Å². The van der Waals surface area contributed by atoms with E-state index in [1.54, 1.807) is 0 Å². The highest BCUT2D eigenvalue weighted by Crippen LogP contribution is 2.29. The molecular weight excluding hydrogens is 355 g/mol. The highest BCUT2D eigenvalue weighted by Gasteiger charge is 2.30. The molecule has 1 atom stereocenters. The molecule has 8 heteroatoms. The van der Waals surface area contributed by atoms with Gasteiger partial charge >= 0.3 is 0 Å². The maximum absolute atomic E-state index is 12.5. The molecule has 1 aliphatic heterocycles. The van der Waals surface area contributed by atoms with E-state index in [1.165, 1.54) is 22.5 Å². The number of hydrogen-bond acceptors (Lipinski definition) is 3. The third-order valence-corrected chi connectivity index (χ3v) is 6.40. The van der Waals surface area contributed by atoms with Crippen LogP contribution >= 0.6 is 35.6 Å². The van der Waals surface area contributed by atoms with Crippen LogP contribution in [0.15, 0.2) is 23.1 Å². The van der Waals surface area contributed by atoms with Crippen LogP contribution in [-0.4, -0.2) is 31.9 Å². The molecule has 0 bridgehead atoms. The lowest BCUT2D eigenvalue weighted by molar-refractivity contribution is 0.250. The first kappa shape index (κ1) is 19.0. The van der Waals surface area contributed by atoms with Gasteiger partial charge in [0, 0.05) is 19.1 Å². The molecule has 1 fully saturated rings. The Bertz CT molecular complexity index is 585. The van der Waals surface area contributed by atoms with Crippen molar-refractivity contribution < 1.29 is 8.42 Å². The molecule has 0 saturated carbocycles. The molecular formula is C13H19Cl3N2O2S. The van der Waals surface area contributed by atoms with Gasteiger partial charge in [0.05, 0.1) is 14.9 Å². The van der Waals surface area contributed by atoms with Gasteiger partial charge in [-0.05, 0) is 43.9 Å². The fourth-order valence-corrected chi connectivity index (χ4v) is 4.29. The molecule has 21 heavy (non-hydrogen) atoms. The van der Waals surface area contributed by atoms with Crippen molar-refractivity contribution in [2.45, 2.75) is 30.7 Å². The predicted molar refractivity (Wildman–Crippen MR) is 88.8 cm³/mol. The summed E-state index contributed by atoms with van der Waals surface area (Å²) in [5.74, 6) is 0.384. The zero-order chi connectivity index (χ0) is 14.9. The maximum Gasteiger partial charge on any atom is 0.243 e. The molecule has 2 rings (SSSR count). The lowest BCUT2D eigenvalue weighted by Gasteiger charge is -2.32. The van der Waals surface area contributed by atoms with E-state index < -0.39 is 10.0 Å². The van der Waals surface area contributed by atoms with E-state index in [-0.39, 0.29) is 28.4 Å². The van der Waals surface area contributed by atoms with E-state index in [2.05, 4.69) is 0 Å². The zero-order valence-electron chi connectivity index (χ0n) is 11.6. The number of piperidine rings is 1. The highest BCUT2D eigenvalue weighted by molar-refractivity contribution is 7.89. The molecule has 1 saturated heterocycles. The van der Waals surface area contributed by atoms with E-state index in [1.807, 2.05) is 6.92 Å². The van der Waals surface area contributed by atoms with Crippen molar-refractivity contribution in [3.63, 3.8) is 0 Å². The third-order valence-electron chi connectivity index (χ3n) is 3.77. The topological polar surface area (TPSA) is 63.4 Å². The summed E-state index contributed by atoms with van der Waals surface area (Å²) >= 11 is 11.7. The van der Waals surface area contributed by atoms with Crippen LogP contribution in [0.1, 0.15) is 19.8 Å². The van der Waals surface area contributed by atoms with Gasteiger partial charge in [-0.1, -0.05) is 23.2 Å². The summed E-state index contributed by atoms with van der Waals surface area (Å²) in [6.45, 7) is 2.96. The Morgan fingerprint density at radius 3 is 2.29 bits per heavy atom. The summed E-state index contributed by atoms with van der Waals surface area (Å²) in [6.07, 6.45) is 1.58. The quantitative estimate of drug-likeness (QED) is 0.885. The first-order valence-electron chi connectivity index (χ1n) is 6.53. The summed E-state index contributed by atoms with van der Waals surface area (Å²) in [5.41, 5.74) is 5.87. The lowest BCUT2D eigenvalue weighted by atomic mass is 9.92. The average molecular weight is 374 g/mol. The molecule has 0 aliphatic carbocycles. The molecule has 1 heterocycles. The van der Waals surface area contributed by atoms with Gasteiger partial charge in [0.15, 0.2) is 0 Å². The van der Waals surface area contributed by atoms with Crippen LogP contribution in [0.5, 0.6) is 0 Å². The van der Waals surface area contributed by atoms with Gasteiger partial charge < -0.3 is 5.73 Å². The maximum atomic E-state index is 12.5. The van der Waals surface area contributed by atoms with Crippen LogP contribution in [-0.2, 0) is 10.0 Å².